The largest absolute Gasteiger partial charge is 0.481 e. The topological polar surface area (TPSA) is 103 Å². The van der Waals surface area contributed by atoms with E-state index in [1.165, 1.54) is 0 Å². The van der Waals surface area contributed by atoms with Crippen LogP contribution < -0.4 is 5.32 Å². The van der Waals surface area contributed by atoms with Crippen LogP contribution >= 0.6 is 0 Å². The predicted octanol–water partition coefficient (Wildman–Crippen LogP) is 0.904. The van der Waals surface area contributed by atoms with Crippen LogP contribution in [0.25, 0.3) is 0 Å². The molecule has 27 heavy (non-hydrogen) atoms. The molecule has 8 nitrogen and oxygen atoms in total. The minimum absolute atomic E-state index is 0.0525. The Morgan fingerprint density at radius 3 is 2.41 bits per heavy atom. The van der Waals surface area contributed by atoms with Gasteiger partial charge in [-0.25, -0.2) is 4.98 Å². The summed E-state index contributed by atoms with van der Waals surface area (Å²) in [5.74, 6) is -2.75. The second-order valence-electron chi connectivity index (χ2n) is 6.16. The molecule has 0 bridgehead atoms. The Labute approximate surface area is 153 Å². The van der Waals surface area contributed by atoms with Crippen LogP contribution in [0.15, 0.2) is 18.3 Å². The summed E-state index contributed by atoms with van der Waals surface area (Å²) in [5.41, 5.74) is -1.03. The second kappa shape index (κ2) is 8.80. The van der Waals surface area contributed by atoms with Gasteiger partial charge in [-0.2, -0.15) is 13.2 Å². The molecule has 1 aliphatic heterocycles. The fourth-order valence-electron chi connectivity index (χ4n) is 2.66. The van der Waals surface area contributed by atoms with Crippen LogP contribution in [0.1, 0.15) is 12.1 Å². The minimum Gasteiger partial charge on any atom is -0.481 e. The summed E-state index contributed by atoms with van der Waals surface area (Å²) in [4.78, 5) is 40.8. The third-order valence-corrected chi connectivity index (χ3v) is 4.15. The molecule has 1 saturated heterocycles. The maximum Gasteiger partial charge on any atom is 0.433 e. The van der Waals surface area contributed by atoms with Gasteiger partial charge in [0.25, 0.3) is 0 Å². The second-order valence-corrected chi connectivity index (χ2v) is 6.16. The highest BCUT2D eigenvalue weighted by molar-refractivity contribution is 5.93. The number of piperazine rings is 1. The van der Waals surface area contributed by atoms with Crippen molar-refractivity contribution in [3.05, 3.63) is 24.0 Å². The zero-order chi connectivity index (χ0) is 20.0. The number of hydrogen-bond acceptors (Lipinski definition) is 5. The summed E-state index contributed by atoms with van der Waals surface area (Å²) in [6.07, 6.45) is -3.30. The highest BCUT2D eigenvalue weighted by Gasteiger charge is 2.32. The average molecular weight is 388 g/mol. The Hall–Kier alpha value is -2.69. The number of halogens is 3. The van der Waals surface area contributed by atoms with Crippen LogP contribution in [-0.4, -0.2) is 70.9 Å². The number of aliphatic carboxylic acids is 1. The Balaban J connectivity index is 1.89. The van der Waals surface area contributed by atoms with Gasteiger partial charge in [0.15, 0.2) is 0 Å². The summed E-state index contributed by atoms with van der Waals surface area (Å²) in [7, 11) is 0. The molecule has 148 valence electrons. The molecule has 2 rings (SSSR count). The number of alkyl halides is 3. The molecule has 1 aromatic rings. The van der Waals surface area contributed by atoms with Gasteiger partial charge < -0.3 is 15.3 Å². The van der Waals surface area contributed by atoms with Crippen molar-refractivity contribution in [2.24, 2.45) is 5.92 Å². The van der Waals surface area contributed by atoms with Crippen molar-refractivity contribution in [2.45, 2.75) is 12.6 Å². The van der Waals surface area contributed by atoms with Gasteiger partial charge >= 0.3 is 12.1 Å². The minimum atomic E-state index is -4.58. The van der Waals surface area contributed by atoms with Gasteiger partial charge in [0, 0.05) is 39.1 Å². The molecule has 1 aliphatic rings. The number of hydrogen-bond donors (Lipinski definition) is 2. The predicted molar refractivity (Wildman–Crippen MR) is 87.7 cm³/mol. The quantitative estimate of drug-likeness (QED) is 0.673. The first-order valence-electron chi connectivity index (χ1n) is 8.16. The third kappa shape index (κ3) is 6.20. The number of carboxylic acid groups (broad SMARTS) is 1. The lowest BCUT2D eigenvalue weighted by atomic mass is 10.0. The molecule has 0 saturated carbocycles. The van der Waals surface area contributed by atoms with Crippen LogP contribution in [0.5, 0.6) is 0 Å². The first kappa shape index (κ1) is 20.6. The number of carbonyl (C=O) groups is 3. The maximum atomic E-state index is 12.5. The molecule has 2 amide bonds. The van der Waals surface area contributed by atoms with Gasteiger partial charge in [0.2, 0.25) is 12.3 Å². The van der Waals surface area contributed by atoms with Crippen LogP contribution in [-0.2, 0) is 20.6 Å². The molecule has 0 radical (unpaired) electrons. The maximum absolute atomic E-state index is 12.5. The zero-order valence-electron chi connectivity index (χ0n) is 14.3. The van der Waals surface area contributed by atoms with E-state index in [0.29, 0.717) is 26.2 Å². The van der Waals surface area contributed by atoms with Gasteiger partial charge in [0.05, 0.1) is 17.8 Å². The van der Waals surface area contributed by atoms with E-state index in [9.17, 15) is 32.7 Å². The Bertz CT molecular complexity index is 673. The number of amides is 2. The van der Waals surface area contributed by atoms with Gasteiger partial charge in [0.1, 0.15) is 5.69 Å². The van der Waals surface area contributed by atoms with Crippen molar-refractivity contribution in [3.8, 4) is 0 Å². The molecule has 1 fully saturated rings. The lowest BCUT2D eigenvalue weighted by Gasteiger charge is -2.33. The van der Waals surface area contributed by atoms with E-state index in [4.69, 9.17) is 0 Å². The molecule has 2 heterocycles. The van der Waals surface area contributed by atoms with Crippen LogP contribution in [0, 0.1) is 5.92 Å². The highest BCUT2D eigenvalue weighted by Crippen LogP contribution is 2.27. The van der Waals surface area contributed by atoms with E-state index in [1.807, 2.05) is 4.90 Å². The SMILES string of the molecule is O=CN1CCN(C[C@@H](CC(=O)Nc2ccc(C(F)(F)F)nc2)C(=O)O)CC1. The van der Waals surface area contributed by atoms with Crippen molar-refractivity contribution >= 4 is 24.0 Å². The van der Waals surface area contributed by atoms with Crippen molar-refractivity contribution in [3.63, 3.8) is 0 Å². The van der Waals surface area contributed by atoms with E-state index < -0.39 is 29.7 Å². The number of nitrogens with one attached hydrogen (secondary N) is 1. The summed E-state index contributed by atoms with van der Waals surface area (Å²) in [5, 5.41) is 11.7. The van der Waals surface area contributed by atoms with E-state index >= 15 is 0 Å². The fourth-order valence-corrected chi connectivity index (χ4v) is 2.66. The van der Waals surface area contributed by atoms with Crippen LogP contribution in [0.4, 0.5) is 18.9 Å². The first-order chi connectivity index (χ1) is 12.7. The number of rotatable bonds is 7. The summed E-state index contributed by atoms with van der Waals surface area (Å²) < 4.78 is 37.4. The third-order valence-electron chi connectivity index (χ3n) is 4.15. The zero-order valence-corrected chi connectivity index (χ0v) is 14.3. The van der Waals surface area contributed by atoms with Gasteiger partial charge in [-0.3, -0.25) is 19.3 Å². The molecule has 11 heteroatoms. The number of carbonyl (C=O) groups excluding carboxylic acids is 2. The van der Waals surface area contributed by atoms with Crippen LogP contribution in [0.3, 0.4) is 0 Å². The summed E-state index contributed by atoms with van der Waals surface area (Å²) in [6.45, 7) is 2.12. The van der Waals surface area contributed by atoms with Crippen LogP contribution in [0.2, 0.25) is 0 Å². The van der Waals surface area contributed by atoms with Gasteiger partial charge in [-0.15, -0.1) is 0 Å². The van der Waals surface area contributed by atoms with Crippen molar-refractivity contribution in [1.29, 1.82) is 0 Å². The van der Waals surface area contributed by atoms with Crippen molar-refractivity contribution in [1.82, 2.24) is 14.8 Å². The number of aromatic nitrogens is 1. The number of nitrogens with zero attached hydrogens (tertiary/aromatic N) is 3. The molecule has 0 aromatic carbocycles. The Kier molecular flexibility index (Phi) is 6.72. The average Bonchev–Trinajstić information content (AvgIpc) is 2.61. The molecular weight excluding hydrogens is 369 g/mol. The molecular formula is C16H19F3N4O4. The molecule has 1 aromatic heterocycles. The number of pyridine rings is 1. The monoisotopic (exact) mass is 388 g/mol. The van der Waals surface area contributed by atoms with Crippen molar-refractivity contribution in [2.75, 3.05) is 38.0 Å². The standard InChI is InChI=1S/C16H19F3N4O4/c17-16(18,19)13-2-1-12(8-20-13)21-14(25)7-11(15(26)27)9-22-3-5-23(10-24)6-4-22/h1-2,8,10-11H,3-7,9H2,(H,21,25)(H,26,27)/t11-/m1/s1. The number of anilines is 1. The molecule has 0 unspecified atom stereocenters. The van der Waals surface area contributed by atoms with E-state index in [2.05, 4.69) is 10.3 Å². The molecule has 0 spiro atoms. The van der Waals surface area contributed by atoms with Crippen molar-refractivity contribution < 1.29 is 32.7 Å². The lowest BCUT2D eigenvalue weighted by Crippen LogP contribution is -2.48. The molecule has 1 atom stereocenters. The highest BCUT2D eigenvalue weighted by atomic mass is 19.4. The van der Waals surface area contributed by atoms with Gasteiger partial charge in [-0.1, -0.05) is 0 Å². The summed E-state index contributed by atoms with van der Waals surface area (Å²) >= 11 is 0. The lowest BCUT2D eigenvalue weighted by molar-refractivity contribution is -0.144. The Morgan fingerprint density at radius 1 is 1.26 bits per heavy atom. The van der Waals surface area contributed by atoms with Gasteiger partial charge in [-0.05, 0) is 12.1 Å². The Morgan fingerprint density at radius 2 is 1.93 bits per heavy atom. The molecule has 0 aliphatic carbocycles. The normalized spacial score (nSPS) is 16.6. The first-order valence-corrected chi connectivity index (χ1v) is 8.16. The fraction of sp³-hybridized carbons (Fsp3) is 0.500. The number of carboxylic acids is 1. The van der Waals surface area contributed by atoms with E-state index in [0.717, 1.165) is 24.7 Å². The smallest absolute Gasteiger partial charge is 0.433 e. The molecule has 2 N–H and O–H groups in total. The summed E-state index contributed by atoms with van der Waals surface area (Å²) in [6, 6.07) is 1.79. The van der Waals surface area contributed by atoms with E-state index in [-0.39, 0.29) is 18.7 Å². The van der Waals surface area contributed by atoms with E-state index in [1.54, 1.807) is 4.90 Å².